The van der Waals surface area contributed by atoms with Crippen molar-refractivity contribution in [3.63, 3.8) is 0 Å². The Labute approximate surface area is 89.4 Å². The zero-order valence-corrected chi connectivity index (χ0v) is 9.25. The van der Waals surface area contributed by atoms with Gasteiger partial charge < -0.3 is 10.6 Å². The molecule has 0 aromatic carbocycles. The van der Waals surface area contributed by atoms with Crippen LogP contribution in [0.4, 0.5) is 0 Å². The number of amides is 1. The maximum Gasteiger partial charge on any atom is 0.238 e. The summed E-state index contributed by atoms with van der Waals surface area (Å²) in [5, 5.41) is 6.06. The molecule has 1 atom stereocenters. The predicted molar refractivity (Wildman–Crippen MR) is 60.2 cm³/mol. The lowest BCUT2D eigenvalue weighted by molar-refractivity contribution is -0.122. The van der Waals surface area contributed by atoms with E-state index in [1.54, 1.807) is 6.92 Å². The van der Waals surface area contributed by atoms with Crippen molar-refractivity contribution in [1.29, 1.82) is 0 Å². The minimum Gasteiger partial charge on any atom is -0.354 e. The van der Waals surface area contributed by atoms with Crippen LogP contribution in [0.3, 0.4) is 0 Å². The molecule has 0 bridgehead atoms. The van der Waals surface area contributed by atoms with E-state index in [9.17, 15) is 4.79 Å². The Bertz CT molecular complexity index is 238. The highest BCUT2D eigenvalue weighted by Gasteiger charge is 2.19. The first-order valence-corrected chi connectivity index (χ1v) is 5.98. The summed E-state index contributed by atoms with van der Waals surface area (Å²) in [7, 11) is 0. The Morgan fingerprint density at radius 1 is 1.71 bits per heavy atom. The smallest absolute Gasteiger partial charge is 0.238 e. The molecular weight excluding hydrogens is 196 g/mol. The Hall–Kier alpha value is -0.660. The van der Waals surface area contributed by atoms with Crippen molar-refractivity contribution in [2.75, 3.05) is 24.6 Å². The van der Waals surface area contributed by atoms with Crippen molar-refractivity contribution in [3.8, 4) is 11.8 Å². The van der Waals surface area contributed by atoms with E-state index in [4.69, 9.17) is 0 Å². The van der Waals surface area contributed by atoms with Gasteiger partial charge in [-0.15, -0.1) is 11.8 Å². The van der Waals surface area contributed by atoms with E-state index in [-0.39, 0.29) is 11.9 Å². The van der Waals surface area contributed by atoms with Gasteiger partial charge in [-0.05, 0) is 6.92 Å². The fraction of sp³-hybridized carbons (Fsp3) is 0.700. The average molecular weight is 212 g/mol. The van der Waals surface area contributed by atoms with E-state index in [2.05, 4.69) is 22.5 Å². The molecule has 1 unspecified atom stereocenters. The quantitative estimate of drug-likeness (QED) is 0.519. The molecule has 0 aromatic heterocycles. The Balaban J connectivity index is 2.15. The van der Waals surface area contributed by atoms with E-state index < -0.39 is 0 Å². The molecule has 78 valence electrons. The first kappa shape index (κ1) is 11.4. The standard InChI is InChI=1S/C10H16N2OS/c1-2-3-4-5-12-10(13)9-8-14-7-6-11-9/h9,11H,4-8H2,1H3,(H,12,13). The Morgan fingerprint density at radius 2 is 2.57 bits per heavy atom. The van der Waals surface area contributed by atoms with Crippen LogP contribution in [0.1, 0.15) is 13.3 Å². The minimum atomic E-state index is -0.0108. The fourth-order valence-electron chi connectivity index (χ4n) is 1.23. The lowest BCUT2D eigenvalue weighted by Gasteiger charge is -2.21. The zero-order valence-electron chi connectivity index (χ0n) is 8.43. The molecule has 0 saturated carbocycles. The van der Waals surface area contributed by atoms with Crippen molar-refractivity contribution < 1.29 is 4.79 Å². The second-order valence-corrected chi connectivity index (χ2v) is 4.20. The van der Waals surface area contributed by atoms with Gasteiger partial charge in [-0.25, -0.2) is 0 Å². The average Bonchev–Trinajstić information content (AvgIpc) is 2.25. The molecule has 0 aromatic rings. The Kier molecular flexibility index (Phi) is 5.50. The summed E-state index contributed by atoms with van der Waals surface area (Å²) in [5.74, 6) is 7.81. The van der Waals surface area contributed by atoms with Crippen LogP contribution in [0.25, 0.3) is 0 Å². The molecule has 4 heteroatoms. The van der Waals surface area contributed by atoms with Crippen LogP contribution in [0.15, 0.2) is 0 Å². The minimum absolute atomic E-state index is 0.0108. The van der Waals surface area contributed by atoms with E-state index in [0.29, 0.717) is 6.54 Å². The number of hydrogen-bond donors (Lipinski definition) is 2. The molecular formula is C10H16N2OS. The number of thioether (sulfide) groups is 1. The maximum atomic E-state index is 11.5. The zero-order chi connectivity index (χ0) is 10.2. The third-order valence-electron chi connectivity index (χ3n) is 1.96. The number of nitrogens with one attached hydrogen (secondary N) is 2. The molecule has 1 saturated heterocycles. The highest BCUT2D eigenvalue weighted by atomic mass is 32.2. The SMILES string of the molecule is CC#CCCNC(=O)C1CSCCN1. The molecule has 1 rings (SSSR count). The lowest BCUT2D eigenvalue weighted by atomic mass is 10.3. The van der Waals surface area contributed by atoms with Crippen molar-refractivity contribution in [2.24, 2.45) is 0 Å². The lowest BCUT2D eigenvalue weighted by Crippen LogP contribution is -2.49. The number of carbonyl (C=O) groups excluding carboxylic acids is 1. The molecule has 0 spiro atoms. The summed E-state index contributed by atoms with van der Waals surface area (Å²) in [6, 6.07) is -0.0108. The molecule has 0 aliphatic carbocycles. The third kappa shape index (κ3) is 4.03. The summed E-state index contributed by atoms with van der Waals surface area (Å²) in [5.41, 5.74) is 0. The van der Waals surface area contributed by atoms with Crippen LogP contribution in [0, 0.1) is 11.8 Å². The van der Waals surface area contributed by atoms with Crippen molar-refractivity contribution in [2.45, 2.75) is 19.4 Å². The summed E-state index contributed by atoms with van der Waals surface area (Å²) in [6.45, 7) is 3.39. The van der Waals surface area contributed by atoms with Crippen molar-refractivity contribution in [3.05, 3.63) is 0 Å². The van der Waals surface area contributed by atoms with E-state index >= 15 is 0 Å². The third-order valence-corrected chi connectivity index (χ3v) is 3.03. The normalized spacial score (nSPS) is 20.8. The second-order valence-electron chi connectivity index (χ2n) is 3.05. The molecule has 1 amide bonds. The van der Waals surface area contributed by atoms with Crippen LogP contribution >= 0.6 is 11.8 Å². The predicted octanol–water partition coefficient (Wildman–Crippen LogP) is 0.221. The molecule has 1 heterocycles. The van der Waals surface area contributed by atoms with Gasteiger partial charge in [0, 0.05) is 31.0 Å². The van der Waals surface area contributed by atoms with Crippen LogP contribution in [-0.4, -0.2) is 36.5 Å². The largest absolute Gasteiger partial charge is 0.354 e. The van der Waals surface area contributed by atoms with Gasteiger partial charge in [-0.2, -0.15) is 11.8 Å². The van der Waals surface area contributed by atoms with Crippen LogP contribution in [-0.2, 0) is 4.79 Å². The van der Waals surface area contributed by atoms with E-state index in [0.717, 1.165) is 24.5 Å². The summed E-state index contributed by atoms with van der Waals surface area (Å²) in [4.78, 5) is 11.5. The van der Waals surface area contributed by atoms with Gasteiger partial charge in [0.1, 0.15) is 0 Å². The van der Waals surface area contributed by atoms with Crippen LogP contribution < -0.4 is 10.6 Å². The number of hydrogen-bond acceptors (Lipinski definition) is 3. The van der Waals surface area contributed by atoms with Gasteiger partial charge in [-0.1, -0.05) is 0 Å². The highest BCUT2D eigenvalue weighted by molar-refractivity contribution is 7.99. The second kappa shape index (κ2) is 6.74. The topological polar surface area (TPSA) is 41.1 Å². The van der Waals surface area contributed by atoms with Gasteiger partial charge in [0.05, 0.1) is 6.04 Å². The van der Waals surface area contributed by atoms with Gasteiger partial charge in [0.2, 0.25) is 5.91 Å². The molecule has 1 aliphatic rings. The highest BCUT2D eigenvalue weighted by Crippen LogP contribution is 2.07. The molecule has 1 fully saturated rings. The molecule has 14 heavy (non-hydrogen) atoms. The van der Waals surface area contributed by atoms with Gasteiger partial charge in [0.15, 0.2) is 0 Å². The van der Waals surface area contributed by atoms with Crippen LogP contribution in [0.5, 0.6) is 0 Å². The Morgan fingerprint density at radius 3 is 3.21 bits per heavy atom. The first-order chi connectivity index (χ1) is 6.84. The monoisotopic (exact) mass is 212 g/mol. The van der Waals surface area contributed by atoms with Gasteiger partial charge in [0.25, 0.3) is 0 Å². The number of carbonyl (C=O) groups is 1. The van der Waals surface area contributed by atoms with Gasteiger partial charge >= 0.3 is 0 Å². The molecule has 1 aliphatic heterocycles. The fourth-order valence-corrected chi connectivity index (χ4v) is 2.16. The first-order valence-electron chi connectivity index (χ1n) is 4.83. The number of rotatable bonds is 3. The van der Waals surface area contributed by atoms with Gasteiger partial charge in [-0.3, -0.25) is 4.79 Å². The molecule has 3 nitrogen and oxygen atoms in total. The summed E-state index contributed by atoms with van der Waals surface area (Å²) < 4.78 is 0. The summed E-state index contributed by atoms with van der Waals surface area (Å²) >= 11 is 1.82. The van der Waals surface area contributed by atoms with E-state index in [1.807, 2.05) is 11.8 Å². The van der Waals surface area contributed by atoms with Crippen LogP contribution in [0.2, 0.25) is 0 Å². The maximum absolute atomic E-state index is 11.5. The summed E-state index contributed by atoms with van der Waals surface area (Å²) in [6.07, 6.45) is 0.738. The van der Waals surface area contributed by atoms with E-state index in [1.165, 1.54) is 0 Å². The van der Waals surface area contributed by atoms with Crippen molar-refractivity contribution >= 4 is 17.7 Å². The van der Waals surface area contributed by atoms with Crippen molar-refractivity contribution in [1.82, 2.24) is 10.6 Å². The molecule has 2 N–H and O–H groups in total. The molecule has 0 radical (unpaired) electrons.